The maximum atomic E-state index is 13.7. The van der Waals surface area contributed by atoms with Gasteiger partial charge >= 0.3 is 5.79 Å². The second-order valence-electron chi connectivity index (χ2n) is 7.68. The molecule has 0 aliphatic rings. The lowest BCUT2D eigenvalue weighted by Gasteiger charge is -2.37. The van der Waals surface area contributed by atoms with Gasteiger partial charge in [0.05, 0.1) is 0 Å². The molecule has 3 rings (SSSR count). The fourth-order valence-electron chi connectivity index (χ4n) is 2.91. The molecule has 0 fully saturated rings. The molecule has 0 unspecified atom stereocenters. The maximum absolute atomic E-state index is 13.7. The van der Waals surface area contributed by atoms with E-state index in [1.54, 1.807) is 60.7 Å². The molecule has 5 heteroatoms. The summed E-state index contributed by atoms with van der Waals surface area (Å²) < 4.78 is 12.6. The average molecular weight is 429 g/mol. The number of rotatable bonds is 6. The highest BCUT2D eigenvalue weighted by atomic mass is 35.5. The molecule has 150 valence electrons. The smallest absolute Gasteiger partial charge is 0.339 e. The van der Waals surface area contributed by atoms with E-state index in [9.17, 15) is 4.79 Å². The van der Waals surface area contributed by atoms with Crippen LogP contribution in [0.25, 0.3) is 0 Å². The average Bonchev–Trinajstić information content (AvgIpc) is 2.67. The lowest BCUT2D eigenvalue weighted by molar-refractivity contribution is -0.176. The van der Waals surface area contributed by atoms with Crippen molar-refractivity contribution >= 4 is 29.0 Å². The fourth-order valence-corrected chi connectivity index (χ4v) is 3.27. The van der Waals surface area contributed by atoms with Gasteiger partial charge in [0.15, 0.2) is 0 Å². The quantitative estimate of drug-likeness (QED) is 0.399. The van der Waals surface area contributed by atoms with E-state index in [1.807, 2.05) is 39.0 Å². The molecule has 0 bridgehead atoms. The Morgan fingerprint density at radius 2 is 1.21 bits per heavy atom. The highest BCUT2D eigenvalue weighted by Gasteiger charge is 2.50. The lowest BCUT2D eigenvalue weighted by atomic mass is 9.82. The molecule has 0 saturated carbocycles. The van der Waals surface area contributed by atoms with Crippen LogP contribution in [0.1, 0.15) is 26.3 Å². The second-order valence-corrected chi connectivity index (χ2v) is 8.55. The molecule has 0 aliphatic carbocycles. The highest BCUT2D eigenvalue weighted by Crippen LogP contribution is 2.38. The maximum Gasteiger partial charge on any atom is 0.339 e. The van der Waals surface area contributed by atoms with Crippen molar-refractivity contribution in [3.8, 4) is 11.5 Å². The molecule has 0 heterocycles. The first kappa shape index (κ1) is 21.2. The molecule has 3 nitrogen and oxygen atoms in total. The van der Waals surface area contributed by atoms with Crippen molar-refractivity contribution < 1.29 is 14.3 Å². The summed E-state index contributed by atoms with van der Waals surface area (Å²) in [5.74, 6) is -1.13. The van der Waals surface area contributed by atoms with E-state index in [4.69, 9.17) is 32.7 Å². The van der Waals surface area contributed by atoms with Crippen molar-refractivity contribution in [1.29, 1.82) is 0 Å². The van der Waals surface area contributed by atoms with Crippen LogP contribution in [-0.2, 0) is 10.6 Å². The van der Waals surface area contributed by atoms with Gasteiger partial charge in [0.1, 0.15) is 11.5 Å². The molecular weight excluding hydrogens is 407 g/mol. The van der Waals surface area contributed by atoms with Gasteiger partial charge in [-0.25, -0.2) is 0 Å². The summed E-state index contributed by atoms with van der Waals surface area (Å²) in [5.41, 5.74) is -0.188. The van der Waals surface area contributed by atoms with E-state index in [0.717, 1.165) is 0 Å². The summed E-state index contributed by atoms with van der Waals surface area (Å²) in [6.45, 7) is 5.49. The summed E-state index contributed by atoms with van der Waals surface area (Å²) in [7, 11) is 0. The summed E-state index contributed by atoms with van der Waals surface area (Å²) in [5, 5.41) is 0.992. The molecule has 0 N–H and O–H groups in total. The van der Waals surface area contributed by atoms with Crippen molar-refractivity contribution in [2.45, 2.75) is 26.6 Å². The minimum absolute atomic E-state index is 0.240. The number of ether oxygens (including phenoxy) is 2. The Kier molecular flexibility index (Phi) is 6.21. The van der Waals surface area contributed by atoms with Gasteiger partial charge in [-0.3, -0.25) is 4.79 Å². The SMILES string of the molecule is CC(C)(C)C(=O)C(Oc1cccc(Cl)c1)(Oc1cccc(Cl)c1)c1ccccc1. The molecule has 29 heavy (non-hydrogen) atoms. The first-order valence-electron chi connectivity index (χ1n) is 9.20. The van der Waals surface area contributed by atoms with Crippen LogP contribution in [0, 0.1) is 5.41 Å². The predicted molar refractivity (Wildman–Crippen MR) is 117 cm³/mol. The Bertz CT molecular complexity index is 947. The van der Waals surface area contributed by atoms with Crippen LogP contribution in [0.3, 0.4) is 0 Å². The van der Waals surface area contributed by atoms with E-state index in [-0.39, 0.29) is 5.78 Å². The van der Waals surface area contributed by atoms with Crippen LogP contribution in [0.5, 0.6) is 11.5 Å². The number of benzene rings is 3. The molecule has 3 aromatic rings. The van der Waals surface area contributed by atoms with Gasteiger partial charge in [-0.2, -0.15) is 0 Å². The van der Waals surface area contributed by atoms with Gasteiger partial charge in [0.25, 0.3) is 0 Å². The Balaban J connectivity index is 2.21. The number of carbonyl (C=O) groups is 1. The van der Waals surface area contributed by atoms with Gasteiger partial charge in [0.2, 0.25) is 5.78 Å². The third-order valence-corrected chi connectivity index (χ3v) is 4.72. The van der Waals surface area contributed by atoms with Crippen LogP contribution in [0.15, 0.2) is 78.9 Å². The number of halogens is 2. The van der Waals surface area contributed by atoms with E-state index < -0.39 is 11.2 Å². The third kappa shape index (κ3) is 4.92. The molecule has 3 aromatic carbocycles. The largest absolute Gasteiger partial charge is 0.442 e. The van der Waals surface area contributed by atoms with Crippen molar-refractivity contribution in [2.24, 2.45) is 5.41 Å². The molecule has 0 saturated heterocycles. The Labute approximate surface area is 181 Å². The van der Waals surface area contributed by atoms with Crippen LogP contribution in [0.2, 0.25) is 10.0 Å². The van der Waals surface area contributed by atoms with Gasteiger partial charge in [0, 0.05) is 21.0 Å². The van der Waals surface area contributed by atoms with Crippen LogP contribution < -0.4 is 9.47 Å². The number of ketones is 1. The van der Waals surface area contributed by atoms with Crippen molar-refractivity contribution in [1.82, 2.24) is 0 Å². The Morgan fingerprint density at radius 1 is 0.724 bits per heavy atom. The first-order valence-corrected chi connectivity index (χ1v) is 9.96. The van der Waals surface area contributed by atoms with E-state index in [1.165, 1.54) is 0 Å². The molecule has 0 spiro atoms. The Hall–Kier alpha value is -2.49. The van der Waals surface area contributed by atoms with Gasteiger partial charge in [-0.05, 0) is 36.4 Å². The summed E-state index contributed by atoms with van der Waals surface area (Å²) in [4.78, 5) is 13.7. The summed E-state index contributed by atoms with van der Waals surface area (Å²) in [6.07, 6.45) is 0. The molecule has 0 amide bonds. The zero-order chi connectivity index (χ0) is 21.1. The highest BCUT2D eigenvalue weighted by molar-refractivity contribution is 6.31. The summed E-state index contributed by atoms with van der Waals surface area (Å²) >= 11 is 12.3. The molecular formula is C24H22Cl2O3. The van der Waals surface area contributed by atoms with Crippen molar-refractivity contribution in [3.63, 3.8) is 0 Å². The summed E-state index contributed by atoms with van der Waals surface area (Å²) in [6, 6.07) is 22.9. The number of Topliss-reactive ketones (excluding diaryl/α,β-unsaturated/α-hetero) is 1. The lowest BCUT2D eigenvalue weighted by Crippen LogP contribution is -2.52. The van der Waals surface area contributed by atoms with Crippen molar-refractivity contribution in [2.75, 3.05) is 0 Å². The van der Waals surface area contributed by atoms with Gasteiger partial charge in [-0.15, -0.1) is 0 Å². The van der Waals surface area contributed by atoms with Crippen LogP contribution in [-0.4, -0.2) is 5.78 Å². The van der Waals surface area contributed by atoms with Crippen molar-refractivity contribution in [3.05, 3.63) is 94.5 Å². The predicted octanol–water partition coefficient (Wildman–Crippen LogP) is 6.92. The zero-order valence-electron chi connectivity index (χ0n) is 16.5. The number of hydrogen-bond acceptors (Lipinski definition) is 3. The van der Waals surface area contributed by atoms with E-state index >= 15 is 0 Å². The van der Waals surface area contributed by atoms with Gasteiger partial charge in [-0.1, -0.05) is 86.4 Å². The second kappa shape index (κ2) is 8.48. The molecule has 0 atom stereocenters. The minimum Gasteiger partial charge on any atom is -0.442 e. The molecule has 0 aliphatic heterocycles. The Morgan fingerprint density at radius 3 is 1.62 bits per heavy atom. The first-order chi connectivity index (χ1) is 13.7. The number of hydrogen-bond donors (Lipinski definition) is 0. The standard InChI is InChI=1S/C24H22Cl2O3/c1-23(2,3)22(27)24(17-9-5-4-6-10-17,28-20-13-7-11-18(25)15-20)29-21-14-8-12-19(26)16-21/h4-16H,1-3H3. The molecule has 0 aromatic heterocycles. The zero-order valence-corrected chi connectivity index (χ0v) is 18.0. The molecule has 0 radical (unpaired) electrons. The minimum atomic E-state index is -1.73. The third-order valence-electron chi connectivity index (χ3n) is 4.25. The normalized spacial score (nSPS) is 11.8. The monoisotopic (exact) mass is 428 g/mol. The van der Waals surface area contributed by atoms with Gasteiger partial charge < -0.3 is 9.47 Å². The van der Waals surface area contributed by atoms with E-state index in [0.29, 0.717) is 27.1 Å². The van der Waals surface area contributed by atoms with Crippen LogP contribution in [0.4, 0.5) is 0 Å². The number of carbonyl (C=O) groups excluding carboxylic acids is 1. The fraction of sp³-hybridized carbons (Fsp3) is 0.208. The van der Waals surface area contributed by atoms with Crippen LogP contribution >= 0.6 is 23.2 Å². The topological polar surface area (TPSA) is 35.5 Å². The van der Waals surface area contributed by atoms with E-state index in [2.05, 4.69) is 0 Å².